The van der Waals surface area contributed by atoms with Crippen LogP contribution in [0.4, 0.5) is 5.69 Å². The Morgan fingerprint density at radius 1 is 1.15 bits per heavy atom. The zero-order chi connectivity index (χ0) is 19.4. The van der Waals surface area contributed by atoms with Gasteiger partial charge in [-0.3, -0.25) is 14.3 Å². The number of hydrogen-bond acceptors (Lipinski definition) is 3. The third kappa shape index (κ3) is 4.03. The molecule has 27 heavy (non-hydrogen) atoms. The molecule has 5 nitrogen and oxygen atoms in total. The summed E-state index contributed by atoms with van der Waals surface area (Å²) in [6, 6.07) is 11.1. The Balaban J connectivity index is 1.80. The van der Waals surface area contributed by atoms with E-state index in [1.165, 1.54) is 6.20 Å². The van der Waals surface area contributed by atoms with Gasteiger partial charge in [-0.15, -0.1) is 0 Å². The second-order valence-corrected chi connectivity index (χ2v) is 6.72. The lowest BCUT2D eigenvalue weighted by atomic mass is 10.0. The molecule has 0 bridgehead atoms. The summed E-state index contributed by atoms with van der Waals surface area (Å²) in [5.41, 5.74) is 3.44. The summed E-state index contributed by atoms with van der Waals surface area (Å²) in [4.78, 5) is 24.5. The SMILES string of the molecule is CCc1ccc(Cl)c(CC)c1NC(=O)CCn1ncc(=O)c2ccccc21. The average molecular weight is 384 g/mol. The Bertz CT molecular complexity index is 1040. The maximum Gasteiger partial charge on any atom is 0.226 e. The van der Waals surface area contributed by atoms with E-state index in [1.807, 2.05) is 37.3 Å². The molecule has 1 aromatic heterocycles. The van der Waals surface area contributed by atoms with Crippen molar-refractivity contribution < 1.29 is 4.79 Å². The Labute approximate surface area is 163 Å². The molecular formula is C21H22ClN3O2. The number of carbonyl (C=O) groups excluding carboxylic acids is 1. The molecule has 0 aliphatic rings. The summed E-state index contributed by atoms with van der Waals surface area (Å²) in [5.74, 6) is -0.105. The first-order chi connectivity index (χ1) is 13.0. The van der Waals surface area contributed by atoms with Gasteiger partial charge >= 0.3 is 0 Å². The largest absolute Gasteiger partial charge is 0.325 e. The van der Waals surface area contributed by atoms with Crippen molar-refractivity contribution in [1.29, 1.82) is 0 Å². The van der Waals surface area contributed by atoms with Gasteiger partial charge in [0.1, 0.15) is 0 Å². The number of carbonyl (C=O) groups is 1. The van der Waals surface area contributed by atoms with Crippen molar-refractivity contribution in [3.05, 3.63) is 69.0 Å². The van der Waals surface area contributed by atoms with Crippen molar-refractivity contribution >= 4 is 34.1 Å². The normalized spacial score (nSPS) is 10.9. The van der Waals surface area contributed by atoms with Gasteiger partial charge in [0, 0.05) is 22.5 Å². The number of aromatic nitrogens is 2. The van der Waals surface area contributed by atoms with Crippen molar-refractivity contribution in [3.63, 3.8) is 0 Å². The van der Waals surface area contributed by atoms with Gasteiger partial charge < -0.3 is 5.32 Å². The molecule has 0 unspecified atom stereocenters. The van der Waals surface area contributed by atoms with Crippen LogP contribution in [0.15, 0.2) is 47.4 Å². The van der Waals surface area contributed by atoms with E-state index < -0.39 is 0 Å². The molecule has 1 amide bonds. The fraction of sp³-hybridized carbons (Fsp3) is 0.286. The number of amides is 1. The summed E-state index contributed by atoms with van der Waals surface area (Å²) >= 11 is 6.30. The number of nitrogens with one attached hydrogen (secondary N) is 1. The standard InChI is InChI=1S/C21H22ClN3O2/c1-3-14-9-10-17(22)15(4-2)21(14)24-20(27)11-12-25-18-8-6-5-7-16(18)19(26)13-23-25/h5-10,13H,3-4,11-12H2,1-2H3,(H,24,27). The van der Waals surface area contributed by atoms with Gasteiger partial charge in [0.15, 0.2) is 0 Å². The summed E-state index contributed by atoms with van der Waals surface area (Å²) in [6.07, 6.45) is 3.10. The van der Waals surface area contributed by atoms with Crippen LogP contribution in [0.25, 0.3) is 10.9 Å². The first kappa shape index (κ1) is 19.1. The summed E-state index contributed by atoms with van der Waals surface area (Å²) in [6.45, 7) is 4.46. The molecule has 6 heteroatoms. The van der Waals surface area contributed by atoms with E-state index in [9.17, 15) is 9.59 Å². The van der Waals surface area contributed by atoms with Crippen LogP contribution in [0.1, 0.15) is 31.4 Å². The van der Waals surface area contributed by atoms with Crippen LogP contribution in [0, 0.1) is 0 Å². The minimum atomic E-state index is -0.120. The van der Waals surface area contributed by atoms with Crippen LogP contribution < -0.4 is 10.7 Å². The Kier molecular flexibility index (Phi) is 5.91. The van der Waals surface area contributed by atoms with Crippen LogP contribution in [-0.4, -0.2) is 15.7 Å². The second kappa shape index (κ2) is 8.35. The monoisotopic (exact) mass is 383 g/mol. The Morgan fingerprint density at radius 2 is 1.93 bits per heavy atom. The predicted molar refractivity (Wildman–Crippen MR) is 109 cm³/mol. The first-order valence-corrected chi connectivity index (χ1v) is 9.47. The van der Waals surface area contributed by atoms with Crippen LogP contribution in [0.5, 0.6) is 0 Å². The molecule has 0 aliphatic heterocycles. The molecule has 1 N–H and O–H groups in total. The quantitative estimate of drug-likeness (QED) is 0.693. The number of rotatable bonds is 6. The Morgan fingerprint density at radius 3 is 2.67 bits per heavy atom. The summed E-state index contributed by atoms with van der Waals surface area (Å²) in [7, 11) is 0. The molecule has 1 heterocycles. The first-order valence-electron chi connectivity index (χ1n) is 9.10. The highest BCUT2D eigenvalue weighted by molar-refractivity contribution is 6.32. The van der Waals surface area contributed by atoms with Crippen molar-refractivity contribution in [2.75, 3.05) is 5.32 Å². The topological polar surface area (TPSA) is 64.0 Å². The van der Waals surface area contributed by atoms with Gasteiger partial charge in [-0.25, -0.2) is 0 Å². The molecule has 0 radical (unpaired) electrons. The van der Waals surface area contributed by atoms with Gasteiger partial charge in [-0.1, -0.05) is 43.6 Å². The predicted octanol–water partition coefficient (Wildman–Crippen LogP) is 4.20. The smallest absolute Gasteiger partial charge is 0.226 e. The summed E-state index contributed by atoms with van der Waals surface area (Å²) in [5, 5.41) is 8.46. The lowest BCUT2D eigenvalue weighted by Crippen LogP contribution is -2.19. The van der Waals surface area contributed by atoms with Crippen LogP contribution in [-0.2, 0) is 24.2 Å². The van der Waals surface area contributed by atoms with Crippen LogP contribution in [0.2, 0.25) is 5.02 Å². The van der Waals surface area contributed by atoms with E-state index in [0.717, 1.165) is 35.2 Å². The highest BCUT2D eigenvalue weighted by Crippen LogP contribution is 2.29. The van der Waals surface area contributed by atoms with Gasteiger partial charge in [0.2, 0.25) is 11.3 Å². The molecule has 0 saturated heterocycles. The maximum atomic E-state index is 12.6. The van der Waals surface area contributed by atoms with Gasteiger partial charge in [-0.05, 0) is 42.2 Å². The maximum absolute atomic E-state index is 12.6. The second-order valence-electron chi connectivity index (χ2n) is 6.31. The average Bonchev–Trinajstić information content (AvgIpc) is 2.68. The Hall–Kier alpha value is -2.66. The van der Waals surface area contributed by atoms with Crippen molar-refractivity contribution in [1.82, 2.24) is 9.78 Å². The van der Waals surface area contributed by atoms with Gasteiger partial charge in [0.05, 0.1) is 18.3 Å². The zero-order valence-electron chi connectivity index (χ0n) is 15.5. The fourth-order valence-electron chi connectivity index (χ4n) is 3.22. The molecule has 2 aromatic carbocycles. The van der Waals surface area contributed by atoms with E-state index in [0.29, 0.717) is 17.0 Å². The number of benzene rings is 2. The highest BCUT2D eigenvalue weighted by Gasteiger charge is 2.14. The van der Waals surface area contributed by atoms with E-state index >= 15 is 0 Å². The van der Waals surface area contributed by atoms with Gasteiger partial charge in [-0.2, -0.15) is 5.10 Å². The highest BCUT2D eigenvalue weighted by atomic mass is 35.5. The molecule has 0 saturated carbocycles. The molecule has 3 aromatic rings. The third-order valence-electron chi connectivity index (χ3n) is 4.65. The molecule has 0 spiro atoms. The van der Waals surface area contributed by atoms with E-state index in [-0.39, 0.29) is 17.8 Å². The van der Waals surface area contributed by atoms with Crippen LogP contribution >= 0.6 is 11.6 Å². The third-order valence-corrected chi connectivity index (χ3v) is 5.01. The van der Waals surface area contributed by atoms with Crippen molar-refractivity contribution in [2.45, 2.75) is 39.7 Å². The van der Waals surface area contributed by atoms with E-state index in [2.05, 4.69) is 17.3 Å². The van der Waals surface area contributed by atoms with Crippen molar-refractivity contribution in [3.8, 4) is 0 Å². The number of halogens is 1. The lowest BCUT2D eigenvalue weighted by molar-refractivity contribution is -0.116. The van der Waals surface area contributed by atoms with Crippen molar-refractivity contribution in [2.24, 2.45) is 0 Å². The molecular weight excluding hydrogens is 362 g/mol. The fourth-order valence-corrected chi connectivity index (χ4v) is 3.51. The van der Waals surface area contributed by atoms with E-state index in [4.69, 9.17) is 11.6 Å². The number of para-hydroxylation sites is 1. The molecule has 0 atom stereocenters. The summed E-state index contributed by atoms with van der Waals surface area (Å²) < 4.78 is 1.69. The molecule has 0 fully saturated rings. The number of nitrogens with zero attached hydrogens (tertiary/aromatic N) is 2. The number of hydrogen-bond donors (Lipinski definition) is 1. The number of fused-ring (bicyclic) bond motifs is 1. The number of anilines is 1. The lowest BCUT2D eigenvalue weighted by Gasteiger charge is -2.16. The van der Waals surface area contributed by atoms with E-state index in [1.54, 1.807) is 10.7 Å². The molecule has 3 rings (SSSR count). The minimum absolute atomic E-state index is 0.105. The zero-order valence-corrected chi connectivity index (χ0v) is 16.2. The number of aryl methyl sites for hydroxylation is 2. The molecule has 140 valence electrons. The minimum Gasteiger partial charge on any atom is -0.325 e. The van der Waals surface area contributed by atoms with Gasteiger partial charge in [0.25, 0.3) is 0 Å². The van der Waals surface area contributed by atoms with Crippen LogP contribution in [0.3, 0.4) is 0 Å². The molecule has 0 aliphatic carbocycles.